The largest absolute Gasteiger partial charge is 0.492 e. The van der Waals surface area contributed by atoms with E-state index in [2.05, 4.69) is 10.6 Å². The molecule has 0 radical (unpaired) electrons. The lowest BCUT2D eigenvalue weighted by Crippen LogP contribution is -2.46. The molecule has 0 aromatic heterocycles. The van der Waals surface area contributed by atoms with Crippen molar-refractivity contribution < 1.29 is 9.53 Å². The second-order valence-corrected chi connectivity index (χ2v) is 5.93. The molecule has 0 saturated carbocycles. The molecule has 2 heterocycles. The standard InChI is InChI=1S/C15H19ClN2O2/c16-12-1-2-14-10(8-12)7-11(9-20-14)15(19)18-13-3-5-17-6-4-13/h1-2,8,11,13,17H,3-7,9H2,(H,18,19). The van der Waals surface area contributed by atoms with E-state index in [4.69, 9.17) is 16.3 Å². The molecule has 4 nitrogen and oxygen atoms in total. The SMILES string of the molecule is O=C(NC1CCNCC1)C1COc2ccc(Cl)cc2C1. The monoisotopic (exact) mass is 294 g/mol. The topological polar surface area (TPSA) is 50.4 Å². The number of amides is 1. The summed E-state index contributed by atoms with van der Waals surface area (Å²) in [4.78, 5) is 12.3. The molecule has 1 unspecified atom stereocenters. The minimum atomic E-state index is -0.115. The van der Waals surface area contributed by atoms with Gasteiger partial charge in [-0.15, -0.1) is 0 Å². The van der Waals surface area contributed by atoms with Crippen LogP contribution in [0, 0.1) is 5.92 Å². The highest BCUT2D eigenvalue weighted by Crippen LogP contribution is 2.29. The third-order valence-corrected chi connectivity index (χ3v) is 4.22. The summed E-state index contributed by atoms with van der Waals surface area (Å²) in [5.74, 6) is 0.832. The number of halogens is 1. The van der Waals surface area contributed by atoms with E-state index in [1.165, 1.54) is 0 Å². The van der Waals surface area contributed by atoms with Crippen LogP contribution in [0.5, 0.6) is 5.75 Å². The van der Waals surface area contributed by atoms with E-state index in [-0.39, 0.29) is 11.8 Å². The van der Waals surface area contributed by atoms with Gasteiger partial charge < -0.3 is 15.4 Å². The molecule has 1 saturated heterocycles. The summed E-state index contributed by atoms with van der Waals surface area (Å²) in [6.45, 7) is 2.40. The third kappa shape index (κ3) is 3.07. The summed E-state index contributed by atoms with van der Waals surface area (Å²) in [5.41, 5.74) is 1.02. The summed E-state index contributed by atoms with van der Waals surface area (Å²) >= 11 is 6.00. The van der Waals surface area contributed by atoms with Gasteiger partial charge in [0.2, 0.25) is 5.91 Å². The maximum atomic E-state index is 12.3. The van der Waals surface area contributed by atoms with Gasteiger partial charge >= 0.3 is 0 Å². The summed E-state index contributed by atoms with van der Waals surface area (Å²) < 4.78 is 5.67. The van der Waals surface area contributed by atoms with Crippen LogP contribution >= 0.6 is 11.6 Å². The first-order valence-electron chi connectivity index (χ1n) is 7.14. The molecular weight excluding hydrogens is 276 g/mol. The Kier molecular flexibility index (Phi) is 4.13. The van der Waals surface area contributed by atoms with Gasteiger partial charge in [0.1, 0.15) is 12.4 Å². The van der Waals surface area contributed by atoms with Crippen molar-refractivity contribution in [2.24, 2.45) is 5.92 Å². The van der Waals surface area contributed by atoms with Crippen LogP contribution in [-0.4, -0.2) is 31.6 Å². The third-order valence-electron chi connectivity index (χ3n) is 3.99. The number of benzene rings is 1. The predicted molar refractivity (Wildman–Crippen MR) is 78.2 cm³/mol. The number of hydrogen-bond donors (Lipinski definition) is 2. The van der Waals surface area contributed by atoms with Crippen LogP contribution in [0.3, 0.4) is 0 Å². The fraction of sp³-hybridized carbons (Fsp3) is 0.533. The molecule has 0 aliphatic carbocycles. The van der Waals surface area contributed by atoms with E-state index < -0.39 is 0 Å². The highest BCUT2D eigenvalue weighted by molar-refractivity contribution is 6.30. The maximum absolute atomic E-state index is 12.3. The highest BCUT2D eigenvalue weighted by Gasteiger charge is 2.27. The summed E-state index contributed by atoms with van der Waals surface area (Å²) in [6.07, 6.45) is 2.70. The first-order chi connectivity index (χ1) is 9.72. The van der Waals surface area contributed by atoms with Gasteiger partial charge in [-0.3, -0.25) is 4.79 Å². The number of nitrogens with one attached hydrogen (secondary N) is 2. The van der Waals surface area contributed by atoms with Gasteiger partial charge in [0.15, 0.2) is 0 Å². The summed E-state index contributed by atoms with van der Waals surface area (Å²) in [7, 11) is 0. The summed E-state index contributed by atoms with van der Waals surface area (Å²) in [6, 6.07) is 5.87. The zero-order chi connectivity index (χ0) is 13.9. The van der Waals surface area contributed by atoms with Gasteiger partial charge in [0.25, 0.3) is 0 Å². The zero-order valence-electron chi connectivity index (χ0n) is 11.3. The molecule has 3 rings (SSSR count). The highest BCUT2D eigenvalue weighted by atomic mass is 35.5. The summed E-state index contributed by atoms with van der Waals surface area (Å²) in [5, 5.41) is 7.12. The van der Waals surface area contributed by atoms with E-state index in [9.17, 15) is 4.79 Å². The van der Waals surface area contributed by atoms with Crippen molar-refractivity contribution in [1.82, 2.24) is 10.6 Å². The lowest BCUT2D eigenvalue weighted by Gasteiger charge is -2.28. The fourth-order valence-electron chi connectivity index (χ4n) is 2.82. The second-order valence-electron chi connectivity index (χ2n) is 5.50. The Hall–Kier alpha value is -1.26. The Balaban J connectivity index is 1.62. The molecular formula is C15H19ClN2O2. The first kappa shape index (κ1) is 13.7. The number of fused-ring (bicyclic) bond motifs is 1. The Morgan fingerprint density at radius 2 is 2.15 bits per heavy atom. The molecule has 0 spiro atoms. The van der Waals surface area contributed by atoms with Crippen molar-refractivity contribution in [1.29, 1.82) is 0 Å². The number of piperidine rings is 1. The van der Waals surface area contributed by atoms with Gasteiger partial charge in [-0.05, 0) is 56.1 Å². The number of rotatable bonds is 2. The van der Waals surface area contributed by atoms with Crippen LogP contribution in [0.25, 0.3) is 0 Å². The van der Waals surface area contributed by atoms with E-state index in [1.54, 1.807) is 0 Å². The average Bonchev–Trinajstić information content (AvgIpc) is 2.47. The zero-order valence-corrected chi connectivity index (χ0v) is 12.1. The van der Waals surface area contributed by atoms with E-state index in [0.717, 1.165) is 37.2 Å². The molecule has 1 atom stereocenters. The van der Waals surface area contributed by atoms with Gasteiger partial charge in [0, 0.05) is 11.1 Å². The molecule has 20 heavy (non-hydrogen) atoms. The quantitative estimate of drug-likeness (QED) is 0.874. The molecule has 1 aromatic carbocycles. The van der Waals surface area contributed by atoms with Gasteiger partial charge in [-0.1, -0.05) is 11.6 Å². The normalized spacial score (nSPS) is 22.8. The number of hydrogen-bond acceptors (Lipinski definition) is 3. The minimum absolute atomic E-state index is 0.0996. The van der Waals surface area contributed by atoms with Crippen molar-refractivity contribution in [2.75, 3.05) is 19.7 Å². The molecule has 0 bridgehead atoms. The molecule has 1 fully saturated rings. The second kappa shape index (κ2) is 6.02. The van der Waals surface area contributed by atoms with Crippen molar-refractivity contribution in [3.8, 4) is 5.75 Å². The molecule has 2 aliphatic heterocycles. The van der Waals surface area contributed by atoms with Gasteiger partial charge in [-0.25, -0.2) is 0 Å². The van der Waals surface area contributed by atoms with Crippen LogP contribution in [0.2, 0.25) is 5.02 Å². The molecule has 1 amide bonds. The van der Waals surface area contributed by atoms with Crippen LogP contribution in [0.15, 0.2) is 18.2 Å². The van der Waals surface area contributed by atoms with Crippen molar-refractivity contribution in [2.45, 2.75) is 25.3 Å². The smallest absolute Gasteiger partial charge is 0.227 e. The van der Waals surface area contributed by atoms with E-state index in [0.29, 0.717) is 24.1 Å². The minimum Gasteiger partial charge on any atom is -0.492 e. The first-order valence-corrected chi connectivity index (χ1v) is 7.52. The Bertz CT molecular complexity index is 501. The maximum Gasteiger partial charge on any atom is 0.227 e. The lowest BCUT2D eigenvalue weighted by molar-refractivity contribution is -0.127. The van der Waals surface area contributed by atoms with Crippen molar-refractivity contribution >= 4 is 17.5 Å². The Labute approximate surface area is 123 Å². The van der Waals surface area contributed by atoms with Gasteiger partial charge in [-0.2, -0.15) is 0 Å². The Morgan fingerprint density at radius 3 is 2.95 bits per heavy atom. The van der Waals surface area contributed by atoms with Crippen molar-refractivity contribution in [3.63, 3.8) is 0 Å². The van der Waals surface area contributed by atoms with Crippen LogP contribution in [0.4, 0.5) is 0 Å². The molecule has 2 aliphatic rings. The van der Waals surface area contributed by atoms with E-state index in [1.807, 2.05) is 18.2 Å². The van der Waals surface area contributed by atoms with Crippen LogP contribution < -0.4 is 15.4 Å². The molecule has 5 heteroatoms. The van der Waals surface area contributed by atoms with Crippen LogP contribution in [-0.2, 0) is 11.2 Å². The average molecular weight is 295 g/mol. The number of carbonyl (C=O) groups is 1. The Morgan fingerprint density at radius 1 is 1.35 bits per heavy atom. The molecule has 108 valence electrons. The number of carbonyl (C=O) groups excluding carboxylic acids is 1. The van der Waals surface area contributed by atoms with Crippen LogP contribution in [0.1, 0.15) is 18.4 Å². The predicted octanol–water partition coefficient (Wildman–Crippen LogP) is 1.76. The molecule has 2 N–H and O–H groups in total. The lowest BCUT2D eigenvalue weighted by atomic mass is 9.95. The molecule has 1 aromatic rings. The van der Waals surface area contributed by atoms with Gasteiger partial charge in [0.05, 0.1) is 5.92 Å². The fourth-order valence-corrected chi connectivity index (χ4v) is 3.01. The van der Waals surface area contributed by atoms with E-state index >= 15 is 0 Å². The number of ether oxygens (including phenoxy) is 1. The van der Waals surface area contributed by atoms with Crippen molar-refractivity contribution in [3.05, 3.63) is 28.8 Å².